The molecule has 11 nitrogen and oxygen atoms in total. The molecule has 4 heterocycles. The Kier molecular flexibility index (Phi) is 7.61. The van der Waals surface area contributed by atoms with Crippen LogP contribution in [0.5, 0.6) is 5.75 Å². The quantitative estimate of drug-likeness (QED) is 0.519. The zero-order valence-electron chi connectivity index (χ0n) is 21.7. The third-order valence-electron chi connectivity index (χ3n) is 7.09. The summed E-state index contributed by atoms with van der Waals surface area (Å²) in [7, 11) is 1.58. The van der Waals surface area contributed by atoms with Crippen molar-refractivity contribution in [2.75, 3.05) is 33.2 Å². The number of pyridine rings is 1. The summed E-state index contributed by atoms with van der Waals surface area (Å²) in [6.45, 7) is 2.12. The van der Waals surface area contributed by atoms with E-state index in [9.17, 15) is 27.6 Å². The van der Waals surface area contributed by atoms with Crippen LogP contribution in [0, 0.1) is 5.92 Å². The summed E-state index contributed by atoms with van der Waals surface area (Å²) in [6, 6.07) is 8.62. The van der Waals surface area contributed by atoms with Gasteiger partial charge in [0.05, 0.1) is 18.8 Å². The molecule has 3 aromatic rings. The molecule has 40 heavy (non-hydrogen) atoms. The molecule has 2 aromatic heterocycles. The fraction of sp³-hybridized carbons (Fsp3) is 0.423. The summed E-state index contributed by atoms with van der Waals surface area (Å²) >= 11 is 0. The van der Waals surface area contributed by atoms with E-state index in [4.69, 9.17) is 0 Å². The number of ether oxygens (including phenoxy) is 1. The molecule has 2 aliphatic rings. The van der Waals surface area contributed by atoms with E-state index in [2.05, 4.69) is 25.3 Å². The number of rotatable bonds is 3. The number of alkyl halides is 3. The predicted molar refractivity (Wildman–Crippen MR) is 135 cm³/mol. The SMILES string of the molecule is CN1CCNC(=O)C[C@H]2CN(Cc3ccc(OC(F)(F)F)cc3)C[C@H]2n2cc(nn2)Cn2cccc(c2=O)C1=O. The minimum absolute atomic E-state index is 0.0281. The van der Waals surface area contributed by atoms with Crippen LogP contribution < -0.4 is 15.6 Å². The maximum atomic E-state index is 13.0. The number of likely N-dealkylation sites (N-methyl/N-ethyl adjacent to an activating group) is 1. The van der Waals surface area contributed by atoms with E-state index in [1.807, 2.05) is 0 Å². The Balaban J connectivity index is 1.37. The number of likely N-dealkylation sites (tertiary alicyclic amines) is 1. The van der Waals surface area contributed by atoms with Crippen LogP contribution in [0.25, 0.3) is 0 Å². The number of hydrogen-bond acceptors (Lipinski definition) is 7. The predicted octanol–water partition coefficient (Wildman–Crippen LogP) is 1.65. The summed E-state index contributed by atoms with van der Waals surface area (Å²) in [5, 5.41) is 11.4. The molecular weight excluding hydrogens is 531 g/mol. The Bertz CT molecular complexity index is 1440. The van der Waals surface area contributed by atoms with E-state index in [-0.39, 0.29) is 55.2 Å². The van der Waals surface area contributed by atoms with Gasteiger partial charge < -0.3 is 19.5 Å². The van der Waals surface area contributed by atoms with Gasteiger partial charge in [0.2, 0.25) is 5.91 Å². The van der Waals surface area contributed by atoms with Crippen molar-refractivity contribution < 1.29 is 27.5 Å². The molecule has 0 unspecified atom stereocenters. The number of hydrogen-bond donors (Lipinski definition) is 1. The van der Waals surface area contributed by atoms with Crippen LogP contribution >= 0.6 is 0 Å². The molecule has 212 valence electrons. The zero-order valence-corrected chi connectivity index (χ0v) is 21.7. The van der Waals surface area contributed by atoms with Crippen molar-refractivity contribution >= 4 is 11.8 Å². The molecule has 1 aromatic carbocycles. The smallest absolute Gasteiger partial charge is 0.406 e. The van der Waals surface area contributed by atoms with Gasteiger partial charge in [0.1, 0.15) is 17.0 Å². The van der Waals surface area contributed by atoms with Crippen molar-refractivity contribution in [2.45, 2.75) is 31.9 Å². The molecule has 2 aliphatic heterocycles. The molecule has 1 saturated heterocycles. The van der Waals surface area contributed by atoms with E-state index < -0.39 is 17.8 Å². The molecule has 1 N–H and O–H groups in total. The summed E-state index contributed by atoms with van der Waals surface area (Å²) in [5.74, 6) is -1.03. The highest BCUT2D eigenvalue weighted by atomic mass is 19.4. The highest BCUT2D eigenvalue weighted by Gasteiger charge is 2.36. The van der Waals surface area contributed by atoms with Crippen LogP contribution in [0.4, 0.5) is 13.2 Å². The number of carbonyl (C=O) groups excluding carboxylic acids is 2. The van der Waals surface area contributed by atoms with E-state index in [1.165, 1.54) is 27.7 Å². The van der Waals surface area contributed by atoms with Gasteiger partial charge in [-0.2, -0.15) is 0 Å². The Hall–Kier alpha value is -4.20. The molecular formula is C26H28F3N7O4. The Morgan fingerprint density at radius 2 is 1.88 bits per heavy atom. The first kappa shape index (κ1) is 27.4. The lowest BCUT2D eigenvalue weighted by Gasteiger charge is -2.20. The van der Waals surface area contributed by atoms with E-state index in [1.54, 1.807) is 42.3 Å². The van der Waals surface area contributed by atoms with Gasteiger partial charge in [0.15, 0.2) is 0 Å². The lowest BCUT2D eigenvalue weighted by molar-refractivity contribution is -0.274. The second-order valence-electron chi connectivity index (χ2n) is 10.0. The van der Waals surface area contributed by atoms with Crippen LogP contribution in [0.3, 0.4) is 0 Å². The van der Waals surface area contributed by atoms with Gasteiger partial charge in [-0.3, -0.25) is 19.3 Å². The molecule has 0 radical (unpaired) electrons. The molecule has 5 rings (SSSR count). The largest absolute Gasteiger partial charge is 0.573 e. The van der Waals surface area contributed by atoms with Crippen molar-refractivity contribution in [1.82, 2.24) is 34.7 Å². The average Bonchev–Trinajstić information content (AvgIpc) is 3.51. The lowest BCUT2D eigenvalue weighted by Crippen LogP contribution is -2.39. The fourth-order valence-electron chi connectivity index (χ4n) is 5.15. The topological polar surface area (TPSA) is 115 Å². The summed E-state index contributed by atoms with van der Waals surface area (Å²) < 4.78 is 44.5. The standard InChI is InChI=1S/C26H28F3N7O4/c1-33-10-8-30-23(37)11-18-13-34(12-17-4-6-20(7-5-17)40-26(27,28)29)16-22(18)36-15-19(31-32-36)14-35-9-2-3-21(24(33)38)25(35)39/h2-7,9,15,18,22H,8,10-14,16H2,1H3,(H,30,37)/t18-,22+/m0/s1. The van der Waals surface area contributed by atoms with E-state index >= 15 is 0 Å². The van der Waals surface area contributed by atoms with Crippen LogP contribution in [-0.4, -0.2) is 80.8 Å². The van der Waals surface area contributed by atoms with E-state index in [0.717, 1.165) is 5.56 Å². The normalized spacial score (nSPS) is 20.8. The number of nitrogens with one attached hydrogen (secondary N) is 1. The summed E-state index contributed by atoms with van der Waals surface area (Å²) in [6.07, 6.45) is -1.22. The van der Waals surface area contributed by atoms with E-state index in [0.29, 0.717) is 25.3 Å². The van der Waals surface area contributed by atoms with Gasteiger partial charge in [-0.15, -0.1) is 18.3 Å². The maximum absolute atomic E-state index is 13.0. The Morgan fingerprint density at radius 3 is 2.62 bits per heavy atom. The van der Waals surface area contributed by atoms with Gasteiger partial charge in [-0.1, -0.05) is 17.3 Å². The Labute approximate surface area is 227 Å². The minimum atomic E-state index is -4.76. The number of amides is 2. The molecule has 2 atom stereocenters. The third-order valence-corrected chi connectivity index (χ3v) is 7.09. The number of carbonyl (C=O) groups is 2. The van der Waals surface area contributed by atoms with Crippen LogP contribution in [0.15, 0.2) is 53.6 Å². The zero-order chi connectivity index (χ0) is 28.4. The van der Waals surface area contributed by atoms with Crippen LogP contribution in [0.1, 0.15) is 34.1 Å². The molecule has 4 bridgehead atoms. The first-order chi connectivity index (χ1) is 19.1. The third kappa shape index (κ3) is 6.33. The lowest BCUT2D eigenvalue weighted by atomic mass is 9.99. The van der Waals surface area contributed by atoms with Crippen molar-refractivity contribution in [3.63, 3.8) is 0 Å². The van der Waals surface area contributed by atoms with Gasteiger partial charge in [-0.05, 0) is 29.8 Å². The van der Waals surface area contributed by atoms with Crippen molar-refractivity contribution in [3.8, 4) is 5.75 Å². The monoisotopic (exact) mass is 559 g/mol. The summed E-state index contributed by atoms with van der Waals surface area (Å²) in [5.41, 5.74) is 0.902. The van der Waals surface area contributed by atoms with Crippen LogP contribution in [-0.2, 0) is 17.9 Å². The number of nitrogens with zero attached hydrogens (tertiary/aromatic N) is 6. The minimum Gasteiger partial charge on any atom is -0.406 e. The average molecular weight is 560 g/mol. The number of halogens is 3. The second kappa shape index (κ2) is 11.1. The Morgan fingerprint density at radius 1 is 1.10 bits per heavy atom. The number of benzene rings is 1. The van der Waals surface area contributed by atoms with Crippen LogP contribution in [0.2, 0.25) is 0 Å². The van der Waals surface area contributed by atoms with Gasteiger partial charge >= 0.3 is 6.36 Å². The van der Waals surface area contributed by atoms with Gasteiger partial charge in [0, 0.05) is 58.3 Å². The van der Waals surface area contributed by atoms with Gasteiger partial charge in [-0.25, -0.2) is 4.68 Å². The summed E-state index contributed by atoms with van der Waals surface area (Å²) in [4.78, 5) is 42.2. The maximum Gasteiger partial charge on any atom is 0.573 e. The fourth-order valence-corrected chi connectivity index (χ4v) is 5.15. The second-order valence-corrected chi connectivity index (χ2v) is 10.0. The highest BCUT2D eigenvalue weighted by molar-refractivity contribution is 5.93. The van der Waals surface area contributed by atoms with Crippen molar-refractivity contribution in [3.05, 3.63) is 76.0 Å². The highest BCUT2D eigenvalue weighted by Crippen LogP contribution is 2.32. The first-order valence-electron chi connectivity index (χ1n) is 12.7. The molecule has 0 spiro atoms. The first-order valence-corrected chi connectivity index (χ1v) is 12.7. The number of aromatic nitrogens is 4. The van der Waals surface area contributed by atoms with Crippen molar-refractivity contribution in [1.29, 1.82) is 0 Å². The molecule has 1 fully saturated rings. The molecule has 0 aliphatic carbocycles. The molecule has 2 amide bonds. The van der Waals surface area contributed by atoms with Crippen molar-refractivity contribution in [2.24, 2.45) is 5.92 Å². The molecule has 0 saturated carbocycles. The van der Waals surface area contributed by atoms with Gasteiger partial charge in [0.25, 0.3) is 11.5 Å². The molecule has 14 heteroatoms. The number of fused-ring (bicyclic) bond motifs is 6.